The molecule has 0 saturated carbocycles. The molecule has 0 radical (unpaired) electrons. The topological polar surface area (TPSA) is 111 Å². The van der Waals surface area contributed by atoms with Crippen molar-refractivity contribution in [2.45, 2.75) is 25.5 Å². The smallest absolute Gasteiger partial charge is 0.329 e. The molecule has 0 aliphatic carbocycles. The van der Waals surface area contributed by atoms with Crippen LogP contribution in [-0.2, 0) is 18.3 Å². The summed E-state index contributed by atoms with van der Waals surface area (Å²) in [5.74, 6) is 1.70. The quantitative estimate of drug-likeness (QED) is 0.450. The maximum Gasteiger partial charge on any atom is 0.329 e. The van der Waals surface area contributed by atoms with Gasteiger partial charge in [0.1, 0.15) is 0 Å². The summed E-state index contributed by atoms with van der Waals surface area (Å²) >= 11 is 1.59. The van der Waals surface area contributed by atoms with Gasteiger partial charge in [-0.1, -0.05) is 18.7 Å². The fraction of sp³-hybridized carbons (Fsp3) is 0.526. The highest BCUT2D eigenvalue weighted by molar-refractivity contribution is 7.99. The van der Waals surface area contributed by atoms with E-state index in [0.717, 1.165) is 16.6 Å². The number of aromatic nitrogens is 6. The third-order valence-corrected chi connectivity index (χ3v) is 6.24. The van der Waals surface area contributed by atoms with Gasteiger partial charge in [0.15, 0.2) is 16.3 Å². The number of ether oxygens (including phenoxy) is 1. The molecule has 4 heterocycles. The second-order valence-electron chi connectivity index (χ2n) is 7.51. The number of hydrogen-bond donors (Lipinski definition) is 1. The first-order valence-electron chi connectivity index (χ1n) is 9.88. The van der Waals surface area contributed by atoms with Crippen LogP contribution in [0.1, 0.15) is 12.6 Å². The standard InChI is InChI=1S/C19H25N7O3S/c1-12(11-30-17-20-5-4-13(2)21-17)10-26-14-15(24(3)19(28)23-16(14)27)22-18(26)25-6-8-29-9-7-25/h4-5,12H,6-11H2,1-3H3,(H,23,27,28). The van der Waals surface area contributed by atoms with Crippen LogP contribution in [0.4, 0.5) is 5.95 Å². The Hall–Kier alpha value is -2.66. The second-order valence-corrected chi connectivity index (χ2v) is 8.50. The van der Waals surface area contributed by atoms with Crippen molar-refractivity contribution in [1.29, 1.82) is 0 Å². The number of morpholine rings is 1. The van der Waals surface area contributed by atoms with E-state index < -0.39 is 11.2 Å². The van der Waals surface area contributed by atoms with Crippen LogP contribution in [-0.4, -0.2) is 61.1 Å². The number of hydrogen-bond acceptors (Lipinski definition) is 8. The molecular weight excluding hydrogens is 406 g/mol. The number of fused-ring (bicyclic) bond motifs is 1. The number of H-pyrrole nitrogens is 1. The van der Waals surface area contributed by atoms with Gasteiger partial charge in [-0.2, -0.15) is 4.98 Å². The van der Waals surface area contributed by atoms with Crippen LogP contribution in [0.15, 0.2) is 27.0 Å². The molecule has 3 aromatic heterocycles. The van der Waals surface area contributed by atoms with Gasteiger partial charge in [0, 0.05) is 44.3 Å². The number of anilines is 1. The van der Waals surface area contributed by atoms with Crippen molar-refractivity contribution >= 4 is 28.9 Å². The maximum absolute atomic E-state index is 12.7. The number of thioether (sulfide) groups is 1. The molecule has 1 N–H and O–H groups in total. The van der Waals surface area contributed by atoms with Gasteiger partial charge < -0.3 is 14.2 Å². The van der Waals surface area contributed by atoms with Crippen LogP contribution in [0.25, 0.3) is 11.2 Å². The third-order valence-electron chi connectivity index (χ3n) is 5.04. The van der Waals surface area contributed by atoms with Crippen LogP contribution >= 0.6 is 11.8 Å². The van der Waals surface area contributed by atoms with E-state index in [9.17, 15) is 9.59 Å². The molecule has 1 atom stereocenters. The predicted octanol–water partition coefficient (Wildman–Crippen LogP) is 0.787. The van der Waals surface area contributed by atoms with Gasteiger partial charge in [0.25, 0.3) is 5.56 Å². The van der Waals surface area contributed by atoms with Crippen LogP contribution in [0, 0.1) is 12.8 Å². The lowest BCUT2D eigenvalue weighted by Gasteiger charge is -2.28. The van der Waals surface area contributed by atoms with Gasteiger partial charge in [0.2, 0.25) is 5.95 Å². The first-order chi connectivity index (χ1) is 14.4. The minimum absolute atomic E-state index is 0.216. The molecule has 160 valence electrons. The largest absolute Gasteiger partial charge is 0.378 e. The lowest BCUT2D eigenvalue weighted by molar-refractivity contribution is 0.121. The fourth-order valence-corrected chi connectivity index (χ4v) is 4.36. The third kappa shape index (κ3) is 4.12. The SMILES string of the molecule is Cc1ccnc(SCC(C)Cn2c(N3CCOCC3)nc3c2c(=O)[nH]c(=O)n3C)n1. The summed E-state index contributed by atoms with van der Waals surface area (Å²) in [6.07, 6.45) is 1.76. The lowest BCUT2D eigenvalue weighted by Crippen LogP contribution is -2.38. The molecule has 0 spiro atoms. The summed E-state index contributed by atoms with van der Waals surface area (Å²) in [6.45, 7) is 7.24. The van der Waals surface area contributed by atoms with E-state index in [1.165, 1.54) is 4.57 Å². The first kappa shape index (κ1) is 20.6. The lowest BCUT2D eigenvalue weighted by atomic mass is 10.2. The number of imidazole rings is 1. The Kier molecular flexibility index (Phi) is 5.91. The molecule has 0 aromatic carbocycles. The normalized spacial score (nSPS) is 15.6. The summed E-state index contributed by atoms with van der Waals surface area (Å²) < 4.78 is 8.78. The van der Waals surface area contributed by atoms with E-state index in [1.54, 1.807) is 25.0 Å². The minimum Gasteiger partial charge on any atom is -0.378 e. The zero-order chi connectivity index (χ0) is 21.3. The molecule has 3 aromatic rings. The molecule has 0 bridgehead atoms. The molecule has 1 aliphatic heterocycles. The molecule has 10 nitrogen and oxygen atoms in total. The van der Waals surface area contributed by atoms with Gasteiger partial charge in [-0.15, -0.1) is 0 Å². The van der Waals surface area contributed by atoms with Crippen LogP contribution < -0.4 is 16.1 Å². The fourth-order valence-electron chi connectivity index (χ4n) is 3.48. The molecule has 0 amide bonds. The molecule has 4 rings (SSSR count). The summed E-state index contributed by atoms with van der Waals surface area (Å²) in [6, 6.07) is 1.87. The second kappa shape index (κ2) is 8.60. The van der Waals surface area contributed by atoms with E-state index in [4.69, 9.17) is 4.74 Å². The number of nitrogens with zero attached hydrogens (tertiary/aromatic N) is 6. The Bertz CT molecular complexity index is 1160. The summed E-state index contributed by atoms with van der Waals surface area (Å²) in [7, 11) is 1.62. The molecule has 1 unspecified atom stereocenters. The van der Waals surface area contributed by atoms with Gasteiger partial charge in [-0.3, -0.25) is 14.3 Å². The Morgan fingerprint density at radius 3 is 2.77 bits per heavy atom. The molecule has 11 heteroatoms. The Balaban J connectivity index is 1.66. The average molecular weight is 432 g/mol. The van der Waals surface area contributed by atoms with E-state index in [-0.39, 0.29) is 5.92 Å². The van der Waals surface area contributed by atoms with Gasteiger partial charge in [-0.25, -0.2) is 14.8 Å². The Morgan fingerprint density at radius 2 is 2.03 bits per heavy atom. The molecule has 1 aliphatic rings. The van der Waals surface area contributed by atoms with Gasteiger partial charge in [0.05, 0.1) is 13.2 Å². The van der Waals surface area contributed by atoms with E-state index >= 15 is 0 Å². The summed E-state index contributed by atoms with van der Waals surface area (Å²) in [4.78, 5) is 42.7. The zero-order valence-electron chi connectivity index (χ0n) is 17.3. The van der Waals surface area contributed by atoms with E-state index in [2.05, 4.69) is 31.8 Å². The molecule has 1 fully saturated rings. The van der Waals surface area contributed by atoms with Crippen molar-refractivity contribution in [3.8, 4) is 0 Å². The highest BCUT2D eigenvalue weighted by atomic mass is 32.2. The molecule has 1 saturated heterocycles. The number of nitrogens with one attached hydrogen (secondary N) is 1. The first-order valence-corrected chi connectivity index (χ1v) is 10.9. The van der Waals surface area contributed by atoms with E-state index in [1.807, 2.05) is 17.6 Å². The molecular formula is C19H25N7O3S. The number of rotatable bonds is 6. The Morgan fingerprint density at radius 1 is 1.27 bits per heavy atom. The predicted molar refractivity (Wildman–Crippen MR) is 115 cm³/mol. The monoisotopic (exact) mass is 431 g/mol. The van der Waals surface area contributed by atoms with Crippen molar-refractivity contribution in [2.24, 2.45) is 13.0 Å². The molecule has 30 heavy (non-hydrogen) atoms. The Labute approximate surface area is 177 Å². The van der Waals surface area contributed by atoms with Crippen LogP contribution in [0.5, 0.6) is 0 Å². The van der Waals surface area contributed by atoms with Crippen molar-refractivity contribution in [3.63, 3.8) is 0 Å². The van der Waals surface area contributed by atoms with Crippen LogP contribution in [0.3, 0.4) is 0 Å². The van der Waals surface area contributed by atoms with Gasteiger partial charge >= 0.3 is 5.69 Å². The zero-order valence-corrected chi connectivity index (χ0v) is 18.1. The van der Waals surface area contributed by atoms with E-state index in [0.29, 0.717) is 50.0 Å². The highest BCUT2D eigenvalue weighted by Crippen LogP contribution is 2.24. The summed E-state index contributed by atoms with van der Waals surface area (Å²) in [5, 5.41) is 0.742. The highest BCUT2D eigenvalue weighted by Gasteiger charge is 2.24. The maximum atomic E-state index is 12.7. The van der Waals surface area contributed by atoms with Crippen LogP contribution in [0.2, 0.25) is 0 Å². The van der Waals surface area contributed by atoms with Crippen molar-refractivity contribution in [1.82, 2.24) is 29.1 Å². The van der Waals surface area contributed by atoms with Crippen molar-refractivity contribution in [2.75, 3.05) is 37.0 Å². The minimum atomic E-state index is -0.467. The van der Waals surface area contributed by atoms with Crippen molar-refractivity contribution < 1.29 is 4.74 Å². The van der Waals surface area contributed by atoms with Crippen molar-refractivity contribution in [3.05, 3.63) is 38.8 Å². The number of aryl methyl sites for hydroxylation is 2. The average Bonchev–Trinajstić information content (AvgIpc) is 3.11. The number of aromatic amines is 1. The van der Waals surface area contributed by atoms with Gasteiger partial charge in [-0.05, 0) is 18.9 Å². The summed E-state index contributed by atoms with van der Waals surface area (Å²) in [5.41, 5.74) is 0.866.